The van der Waals surface area contributed by atoms with E-state index in [0.29, 0.717) is 16.8 Å². The number of rotatable bonds is 5. The highest BCUT2D eigenvalue weighted by Gasteiger charge is 2.42. The Labute approximate surface area is 99.3 Å². The van der Waals surface area contributed by atoms with Crippen molar-refractivity contribution in [1.82, 2.24) is 9.97 Å². The first-order valence-electron chi connectivity index (χ1n) is 5.34. The molecule has 0 aromatic carbocycles. The van der Waals surface area contributed by atoms with E-state index >= 15 is 0 Å². The molecule has 1 aromatic heterocycles. The van der Waals surface area contributed by atoms with Gasteiger partial charge in [0.05, 0.1) is 18.3 Å². The van der Waals surface area contributed by atoms with Crippen molar-refractivity contribution in [2.24, 2.45) is 0 Å². The minimum absolute atomic E-state index is 0.101. The lowest BCUT2D eigenvalue weighted by atomic mass is 10.3. The van der Waals surface area contributed by atoms with E-state index in [9.17, 15) is 5.11 Å². The van der Waals surface area contributed by atoms with Crippen molar-refractivity contribution in [3.63, 3.8) is 0 Å². The SMILES string of the molecule is CCNc1ncc(Cl)c(NC2(CO)CC2)n1. The highest BCUT2D eigenvalue weighted by Crippen LogP contribution is 2.39. The van der Waals surface area contributed by atoms with E-state index in [1.165, 1.54) is 0 Å². The van der Waals surface area contributed by atoms with Gasteiger partial charge in [-0.3, -0.25) is 0 Å². The highest BCUT2D eigenvalue weighted by atomic mass is 35.5. The van der Waals surface area contributed by atoms with E-state index in [0.717, 1.165) is 19.4 Å². The minimum Gasteiger partial charge on any atom is -0.394 e. The summed E-state index contributed by atoms with van der Waals surface area (Å²) in [6, 6.07) is 0. The Morgan fingerprint density at radius 1 is 1.56 bits per heavy atom. The van der Waals surface area contributed by atoms with E-state index in [1.807, 2.05) is 6.92 Å². The summed E-state index contributed by atoms with van der Waals surface area (Å²) in [5.41, 5.74) is -0.221. The van der Waals surface area contributed by atoms with Crippen LogP contribution in [0.3, 0.4) is 0 Å². The summed E-state index contributed by atoms with van der Waals surface area (Å²) in [6.07, 6.45) is 3.45. The second kappa shape index (κ2) is 4.43. The van der Waals surface area contributed by atoms with Crippen LogP contribution in [0.1, 0.15) is 19.8 Å². The van der Waals surface area contributed by atoms with Gasteiger partial charge in [-0.25, -0.2) is 4.98 Å². The zero-order valence-corrected chi connectivity index (χ0v) is 9.88. The van der Waals surface area contributed by atoms with Crippen molar-refractivity contribution in [2.75, 3.05) is 23.8 Å². The number of halogens is 1. The number of aromatic nitrogens is 2. The normalized spacial score (nSPS) is 16.9. The molecule has 1 saturated carbocycles. The second-order valence-corrected chi connectivity index (χ2v) is 4.39. The Kier molecular flexibility index (Phi) is 3.16. The molecule has 0 bridgehead atoms. The molecule has 0 spiro atoms. The zero-order valence-electron chi connectivity index (χ0n) is 9.13. The van der Waals surface area contributed by atoms with E-state index in [2.05, 4.69) is 20.6 Å². The van der Waals surface area contributed by atoms with Crippen LogP contribution in [0, 0.1) is 0 Å². The molecular weight excluding hydrogens is 228 g/mol. The lowest BCUT2D eigenvalue weighted by Gasteiger charge is -2.16. The zero-order chi connectivity index (χ0) is 11.6. The fourth-order valence-corrected chi connectivity index (χ4v) is 1.56. The van der Waals surface area contributed by atoms with Gasteiger partial charge in [-0.15, -0.1) is 0 Å². The first kappa shape index (κ1) is 11.4. The quantitative estimate of drug-likeness (QED) is 0.730. The molecule has 1 aliphatic carbocycles. The van der Waals surface area contributed by atoms with Gasteiger partial charge in [0.25, 0.3) is 0 Å². The fourth-order valence-electron chi connectivity index (χ4n) is 1.42. The van der Waals surface area contributed by atoms with Crippen molar-refractivity contribution in [3.8, 4) is 0 Å². The Balaban J connectivity index is 2.15. The number of aliphatic hydroxyl groups excluding tert-OH is 1. The van der Waals surface area contributed by atoms with E-state index in [-0.39, 0.29) is 12.1 Å². The molecule has 6 heteroatoms. The second-order valence-electron chi connectivity index (χ2n) is 3.98. The molecule has 0 atom stereocenters. The molecule has 0 saturated heterocycles. The molecule has 0 radical (unpaired) electrons. The van der Waals surface area contributed by atoms with Crippen molar-refractivity contribution in [3.05, 3.63) is 11.2 Å². The maximum Gasteiger partial charge on any atom is 0.224 e. The van der Waals surface area contributed by atoms with Gasteiger partial charge in [-0.05, 0) is 19.8 Å². The first-order chi connectivity index (χ1) is 7.69. The van der Waals surface area contributed by atoms with E-state index in [4.69, 9.17) is 11.6 Å². The minimum atomic E-state index is -0.221. The van der Waals surface area contributed by atoms with Gasteiger partial charge in [0.1, 0.15) is 5.02 Å². The number of aliphatic hydroxyl groups is 1. The molecule has 3 N–H and O–H groups in total. The largest absolute Gasteiger partial charge is 0.394 e. The summed E-state index contributed by atoms with van der Waals surface area (Å²) in [4.78, 5) is 8.31. The predicted molar refractivity (Wildman–Crippen MR) is 63.9 cm³/mol. The van der Waals surface area contributed by atoms with Crippen molar-refractivity contribution < 1.29 is 5.11 Å². The molecular formula is C10H15ClN4O. The Bertz CT molecular complexity index is 381. The van der Waals surface area contributed by atoms with Gasteiger partial charge in [-0.2, -0.15) is 4.98 Å². The number of hydrogen-bond acceptors (Lipinski definition) is 5. The molecule has 88 valence electrons. The number of anilines is 2. The van der Waals surface area contributed by atoms with Crippen LogP contribution in [0.15, 0.2) is 6.20 Å². The standard InChI is InChI=1S/C10H15ClN4O/c1-2-12-9-13-5-7(11)8(14-9)15-10(6-16)3-4-10/h5,16H,2-4,6H2,1H3,(H2,12,13,14,15). The molecule has 0 unspecified atom stereocenters. The van der Waals surface area contributed by atoms with Gasteiger partial charge in [-0.1, -0.05) is 11.6 Å². The third kappa shape index (κ3) is 2.36. The third-order valence-corrected chi connectivity index (χ3v) is 2.90. The van der Waals surface area contributed by atoms with E-state index < -0.39 is 0 Å². The van der Waals surface area contributed by atoms with Crippen molar-refractivity contribution in [1.29, 1.82) is 0 Å². The summed E-state index contributed by atoms with van der Waals surface area (Å²) in [6.45, 7) is 2.83. The monoisotopic (exact) mass is 242 g/mol. The molecule has 1 aliphatic rings. The topological polar surface area (TPSA) is 70.1 Å². The Morgan fingerprint density at radius 2 is 2.31 bits per heavy atom. The average molecular weight is 243 g/mol. The summed E-state index contributed by atoms with van der Waals surface area (Å²) >= 11 is 5.99. The molecule has 16 heavy (non-hydrogen) atoms. The molecule has 1 aromatic rings. The maximum atomic E-state index is 9.22. The lowest BCUT2D eigenvalue weighted by molar-refractivity contribution is 0.266. The molecule has 5 nitrogen and oxygen atoms in total. The van der Waals surface area contributed by atoms with Crippen LogP contribution in [-0.4, -0.2) is 33.8 Å². The number of nitrogens with zero attached hydrogens (tertiary/aromatic N) is 2. The van der Waals surface area contributed by atoms with Gasteiger partial charge in [0, 0.05) is 6.54 Å². The fraction of sp³-hybridized carbons (Fsp3) is 0.600. The van der Waals surface area contributed by atoms with Crippen LogP contribution in [0.4, 0.5) is 11.8 Å². The molecule has 1 fully saturated rings. The van der Waals surface area contributed by atoms with Crippen LogP contribution in [-0.2, 0) is 0 Å². The summed E-state index contributed by atoms with van der Waals surface area (Å²) in [5, 5.41) is 15.9. The third-order valence-electron chi connectivity index (χ3n) is 2.62. The smallest absolute Gasteiger partial charge is 0.224 e. The molecule has 0 amide bonds. The average Bonchev–Trinajstić information content (AvgIpc) is 3.04. The van der Waals surface area contributed by atoms with Gasteiger partial charge in [0.2, 0.25) is 5.95 Å². The first-order valence-corrected chi connectivity index (χ1v) is 5.72. The van der Waals surface area contributed by atoms with Gasteiger partial charge < -0.3 is 15.7 Å². The molecule has 1 heterocycles. The number of hydrogen-bond donors (Lipinski definition) is 3. The number of nitrogens with one attached hydrogen (secondary N) is 2. The van der Waals surface area contributed by atoms with E-state index in [1.54, 1.807) is 6.20 Å². The maximum absolute atomic E-state index is 9.22. The van der Waals surface area contributed by atoms with Crippen LogP contribution in [0.2, 0.25) is 5.02 Å². The van der Waals surface area contributed by atoms with Crippen LogP contribution in [0.5, 0.6) is 0 Å². The highest BCUT2D eigenvalue weighted by molar-refractivity contribution is 6.32. The Morgan fingerprint density at radius 3 is 2.88 bits per heavy atom. The molecule has 0 aliphatic heterocycles. The summed E-state index contributed by atoms with van der Waals surface area (Å²) in [7, 11) is 0. The van der Waals surface area contributed by atoms with Crippen LogP contribution >= 0.6 is 11.6 Å². The van der Waals surface area contributed by atoms with Crippen molar-refractivity contribution >= 4 is 23.4 Å². The predicted octanol–water partition coefficient (Wildman–Crippen LogP) is 1.50. The Hall–Kier alpha value is -1.07. The summed E-state index contributed by atoms with van der Waals surface area (Å²) < 4.78 is 0. The van der Waals surface area contributed by atoms with Crippen LogP contribution < -0.4 is 10.6 Å². The van der Waals surface area contributed by atoms with Crippen LogP contribution in [0.25, 0.3) is 0 Å². The van der Waals surface area contributed by atoms with Crippen molar-refractivity contribution in [2.45, 2.75) is 25.3 Å². The molecule has 2 rings (SSSR count). The van der Waals surface area contributed by atoms with Gasteiger partial charge in [0.15, 0.2) is 5.82 Å². The summed E-state index contributed by atoms with van der Waals surface area (Å²) in [5.74, 6) is 1.13. The lowest BCUT2D eigenvalue weighted by Crippen LogP contribution is -2.26. The van der Waals surface area contributed by atoms with Gasteiger partial charge >= 0.3 is 0 Å².